The lowest BCUT2D eigenvalue weighted by molar-refractivity contribution is 0.102. The Morgan fingerprint density at radius 3 is 2.48 bits per heavy atom. The lowest BCUT2D eigenvalue weighted by Crippen LogP contribution is -2.18. The van der Waals surface area contributed by atoms with Gasteiger partial charge in [0.25, 0.3) is 11.6 Å². The molecule has 3 aromatic rings. The van der Waals surface area contributed by atoms with E-state index >= 15 is 0 Å². The first-order valence-corrected chi connectivity index (χ1v) is 8.89. The lowest BCUT2D eigenvalue weighted by atomic mass is 10.1. The number of hydrogen-bond donors (Lipinski definition) is 2. The molecule has 2 N–H and O–H groups in total. The van der Waals surface area contributed by atoms with Crippen LogP contribution < -0.4 is 10.0 Å². The summed E-state index contributed by atoms with van der Waals surface area (Å²) in [7, 11) is -2.18. The highest BCUT2D eigenvalue weighted by molar-refractivity contribution is 7.89. The number of anilines is 1. The minimum Gasteiger partial charge on any atom is -0.336 e. The second-order valence-corrected chi connectivity index (χ2v) is 7.33. The molecule has 2 aromatic heterocycles. The van der Waals surface area contributed by atoms with Gasteiger partial charge in [-0.1, -0.05) is 5.16 Å². The van der Waals surface area contributed by atoms with E-state index < -0.39 is 10.0 Å². The first-order chi connectivity index (χ1) is 11.8. The molecule has 0 saturated heterocycles. The number of amides is 1. The van der Waals surface area contributed by atoms with Crippen molar-refractivity contribution in [1.29, 1.82) is 0 Å². The number of rotatable bonds is 4. The molecule has 0 spiro atoms. The molecule has 0 aliphatic heterocycles. The van der Waals surface area contributed by atoms with Crippen LogP contribution >= 0.6 is 0 Å². The summed E-state index contributed by atoms with van der Waals surface area (Å²) in [5.74, 6) is -0.356. The topological polar surface area (TPSA) is 114 Å². The maximum Gasteiger partial charge on any atom is 0.258 e. The molecule has 0 aliphatic rings. The number of aromatic nitrogens is 2. The van der Waals surface area contributed by atoms with Crippen LogP contribution in [-0.4, -0.2) is 31.5 Å². The van der Waals surface area contributed by atoms with E-state index in [-0.39, 0.29) is 10.8 Å². The molecule has 25 heavy (non-hydrogen) atoms. The fourth-order valence-corrected chi connectivity index (χ4v) is 3.16. The molecule has 130 valence electrons. The van der Waals surface area contributed by atoms with Gasteiger partial charge in [0.15, 0.2) is 0 Å². The summed E-state index contributed by atoms with van der Waals surface area (Å²) >= 11 is 0. The van der Waals surface area contributed by atoms with Crippen LogP contribution in [-0.2, 0) is 10.0 Å². The molecule has 0 atom stereocenters. The van der Waals surface area contributed by atoms with Gasteiger partial charge in [-0.15, -0.1) is 0 Å². The van der Waals surface area contributed by atoms with Crippen LogP contribution in [0.25, 0.3) is 11.1 Å². The van der Waals surface area contributed by atoms with Crippen molar-refractivity contribution in [2.75, 3.05) is 12.4 Å². The fraction of sp³-hybridized carbons (Fsp3) is 0.188. The molecule has 0 radical (unpaired) electrons. The van der Waals surface area contributed by atoms with Gasteiger partial charge in [-0.05, 0) is 51.2 Å². The Balaban J connectivity index is 1.92. The fourth-order valence-electron chi connectivity index (χ4n) is 2.43. The van der Waals surface area contributed by atoms with Gasteiger partial charge in [0.1, 0.15) is 0 Å². The number of fused-ring (bicyclic) bond motifs is 1. The number of carbonyl (C=O) groups is 1. The van der Waals surface area contributed by atoms with Crippen LogP contribution in [0.2, 0.25) is 0 Å². The van der Waals surface area contributed by atoms with Crippen LogP contribution in [0.3, 0.4) is 0 Å². The average molecular weight is 360 g/mol. The Morgan fingerprint density at radius 2 is 1.84 bits per heavy atom. The Labute approximate surface area is 144 Å². The zero-order valence-corrected chi connectivity index (χ0v) is 14.6. The van der Waals surface area contributed by atoms with E-state index in [9.17, 15) is 13.2 Å². The molecule has 2 heterocycles. The maximum atomic E-state index is 12.6. The quantitative estimate of drug-likeness (QED) is 0.735. The largest absolute Gasteiger partial charge is 0.336 e. The molecule has 0 bridgehead atoms. The molecule has 0 fully saturated rings. The molecule has 0 aliphatic carbocycles. The predicted octanol–water partition coefficient (Wildman–Crippen LogP) is 2.00. The van der Waals surface area contributed by atoms with E-state index in [1.54, 1.807) is 19.9 Å². The summed E-state index contributed by atoms with van der Waals surface area (Å²) in [4.78, 5) is 17.0. The van der Waals surface area contributed by atoms with Crippen molar-refractivity contribution >= 4 is 32.7 Å². The highest BCUT2D eigenvalue weighted by Gasteiger charge is 2.18. The van der Waals surface area contributed by atoms with Crippen molar-refractivity contribution in [2.24, 2.45) is 0 Å². The maximum absolute atomic E-state index is 12.6. The monoisotopic (exact) mass is 360 g/mol. The number of pyridine rings is 1. The van der Waals surface area contributed by atoms with Gasteiger partial charge < -0.3 is 9.84 Å². The predicted molar refractivity (Wildman–Crippen MR) is 91.9 cm³/mol. The summed E-state index contributed by atoms with van der Waals surface area (Å²) in [6.07, 6.45) is 0. The second kappa shape index (κ2) is 6.26. The second-order valence-electron chi connectivity index (χ2n) is 5.45. The summed E-state index contributed by atoms with van der Waals surface area (Å²) < 4.78 is 30.8. The van der Waals surface area contributed by atoms with Gasteiger partial charge in [0.05, 0.1) is 21.5 Å². The summed E-state index contributed by atoms with van der Waals surface area (Å²) in [5, 5.41) is 7.14. The Morgan fingerprint density at radius 1 is 1.16 bits per heavy atom. The number of nitrogens with zero attached hydrogens (tertiary/aromatic N) is 2. The summed E-state index contributed by atoms with van der Waals surface area (Å²) in [6, 6.07) is 7.53. The molecule has 3 rings (SSSR count). The highest BCUT2D eigenvalue weighted by atomic mass is 32.2. The normalized spacial score (nSPS) is 11.6. The lowest BCUT2D eigenvalue weighted by Gasteiger charge is -2.08. The van der Waals surface area contributed by atoms with Crippen LogP contribution in [0.5, 0.6) is 0 Å². The molecule has 1 amide bonds. The molecule has 8 nitrogen and oxygen atoms in total. The first-order valence-electron chi connectivity index (χ1n) is 7.40. The van der Waals surface area contributed by atoms with E-state index in [4.69, 9.17) is 4.52 Å². The van der Waals surface area contributed by atoms with Crippen molar-refractivity contribution in [1.82, 2.24) is 14.9 Å². The van der Waals surface area contributed by atoms with Crippen LogP contribution in [0.15, 0.2) is 39.8 Å². The van der Waals surface area contributed by atoms with Crippen molar-refractivity contribution in [3.05, 3.63) is 47.3 Å². The van der Waals surface area contributed by atoms with Crippen molar-refractivity contribution in [3.63, 3.8) is 0 Å². The smallest absolute Gasteiger partial charge is 0.258 e. The third-order valence-corrected chi connectivity index (χ3v) is 5.11. The number of sulfonamides is 1. The van der Waals surface area contributed by atoms with E-state index in [1.165, 1.54) is 31.3 Å². The van der Waals surface area contributed by atoms with Gasteiger partial charge in [0, 0.05) is 11.4 Å². The molecule has 0 unspecified atom stereocenters. The zero-order valence-electron chi connectivity index (χ0n) is 13.8. The van der Waals surface area contributed by atoms with Gasteiger partial charge in [-0.3, -0.25) is 4.79 Å². The van der Waals surface area contributed by atoms with E-state index in [1.807, 2.05) is 0 Å². The Kier molecular flexibility index (Phi) is 4.27. The van der Waals surface area contributed by atoms with Gasteiger partial charge in [-0.25, -0.2) is 18.1 Å². The van der Waals surface area contributed by atoms with Crippen LogP contribution in [0, 0.1) is 13.8 Å². The van der Waals surface area contributed by atoms with Gasteiger partial charge >= 0.3 is 0 Å². The first kappa shape index (κ1) is 17.1. The highest BCUT2D eigenvalue weighted by Crippen LogP contribution is 2.23. The zero-order chi connectivity index (χ0) is 18.2. The number of aryl methyl sites for hydroxylation is 2. The van der Waals surface area contributed by atoms with E-state index in [0.29, 0.717) is 33.7 Å². The van der Waals surface area contributed by atoms with E-state index in [2.05, 4.69) is 20.2 Å². The van der Waals surface area contributed by atoms with Crippen LogP contribution in [0.1, 0.15) is 21.7 Å². The van der Waals surface area contributed by atoms with Gasteiger partial charge in [-0.2, -0.15) is 0 Å². The molecule has 9 heteroatoms. The Bertz CT molecular complexity index is 1060. The summed E-state index contributed by atoms with van der Waals surface area (Å²) in [5.41, 5.74) is 2.37. The standard InChI is InChI=1S/C16H16N4O4S/c1-9-8-13(14-10(2)20-24-16(14)18-9)15(21)19-11-4-6-12(7-5-11)25(22,23)17-3/h4-8,17H,1-3H3,(H,19,21). The van der Waals surface area contributed by atoms with Crippen molar-refractivity contribution in [3.8, 4) is 0 Å². The number of nitrogens with one attached hydrogen (secondary N) is 2. The van der Waals surface area contributed by atoms with Gasteiger partial charge in [0.2, 0.25) is 10.0 Å². The number of hydrogen-bond acceptors (Lipinski definition) is 6. The van der Waals surface area contributed by atoms with Crippen molar-refractivity contribution < 1.29 is 17.7 Å². The van der Waals surface area contributed by atoms with E-state index in [0.717, 1.165) is 0 Å². The molecular formula is C16H16N4O4S. The molecule has 0 saturated carbocycles. The summed E-state index contributed by atoms with van der Waals surface area (Å²) in [6.45, 7) is 3.49. The minimum atomic E-state index is -3.52. The molecule has 1 aromatic carbocycles. The number of carbonyl (C=O) groups excluding carboxylic acids is 1. The average Bonchev–Trinajstić information content (AvgIpc) is 2.95. The third kappa shape index (κ3) is 3.24. The van der Waals surface area contributed by atoms with Crippen LogP contribution in [0.4, 0.5) is 5.69 Å². The Hall–Kier alpha value is -2.78. The third-order valence-electron chi connectivity index (χ3n) is 3.68. The molecular weight excluding hydrogens is 344 g/mol. The SMILES string of the molecule is CNS(=O)(=O)c1ccc(NC(=O)c2cc(C)nc3onc(C)c23)cc1. The minimum absolute atomic E-state index is 0.116. The van der Waals surface area contributed by atoms with Crippen molar-refractivity contribution in [2.45, 2.75) is 18.7 Å². The number of benzene rings is 1.